The van der Waals surface area contributed by atoms with Crippen molar-refractivity contribution in [1.82, 2.24) is 14.8 Å². The topological polar surface area (TPSA) is 86.2 Å². The van der Waals surface area contributed by atoms with Gasteiger partial charge in [-0.15, -0.1) is 11.8 Å². The molecule has 1 N–H and O–H groups in total. The van der Waals surface area contributed by atoms with Crippen LogP contribution in [-0.4, -0.2) is 36.6 Å². The van der Waals surface area contributed by atoms with E-state index in [4.69, 9.17) is 9.47 Å². The molecule has 168 valence electrons. The molecule has 2 heterocycles. The van der Waals surface area contributed by atoms with Gasteiger partial charge in [0.2, 0.25) is 0 Å². The number of rotatable bonds is 8. The maximum absolute atomic E-state index is 12.5. The summed E-state index contributed by atoms with van der Waals surface area (Å²) in [6, 6.07) is 20.0. The van der Waals surface area contributed by atoms with Gasteiger partial charge in [-0.1, -0.05) is 83.3 Å². The fourth-order valence-corrected chi connectivity index (χ4v) is 6.83. The van der Waals surface area contributed by atoms with E-state index in [1.807, 2.05) is 60.7 Å². The molecule has 0 aliphatic carbocycles. The number of hydrogen-bond donors (Lipinski definition) is 1. The van der Waals surface area contributed by atoms with Gasteiger partial charge in [-0.25, -0.2) is 9.48 Å². The molecule has 0 spiro atoms. The average molecular weight is 565 g/mol. The van der Waals surface area contributed by atoms with Crippen molar-refractivity contribution in [3.63, 3.8) is 0 Å². The number of H-pyrrole nitrogens is 1. The Bertz CT molecular complexity index is 1140. The minimum absolute atomic E-state index is 0.00950. The number of aryl methyl sites for hydroxylation is 1. The Morgan fingerprint density at radius 1 is 1.03 bits per heavy atom. The lowest BCUT2D eigenvalue weighted by Crippen LogP contribution is -2.39. The van der Waals surface area contributed by atoms with Crippen LogP contribution in [0.3, 0.4) is 0 Å². The summed E-state index contributed by atoms with van der Waals surface area (Å²) in [4.78, 5) is 26.6. The number of alkyl halides is 1. The summed E-state index contributed by atoms with van der Waals surface area (Å²) >= 11 is 3.92. The summed E-state index contributed by atoms with van der Waals surface area (Å²) in [5.41, 5.74) is 1.49. The summed E-state index contributed by atoms with van der Waals surface area (Å²) < 4.78 is 13.7. The van der Waals surface area contributed by atoms with Crippen molar-refractivity contribution in [3.05, 3.63) is 98.3 Å². The van der Waals surface area contributed by atoms with Gasteiger partial charge in [0.1, 0.15) is 11.1 Å². The maximum atomic E-state index is 12.5. The minimum atomic E-state index is -0.507. The molecule has 4 rings (SSSR count). The molecular weight excluding hydrogens is 541 g/mol. The van der Waals surface area contributed by atoms with Crippen molar-refractivity contribution in [2.24, 2.45) is 0 Å². The van der Waals surface area contributed by atoms with Gasteiger partial charge in [-0.2, -0.15) is 5.10 Å². The van der Waals surface area contributed by atoms with Gasteiger partial charge >= 0.3 is 5.69 Å². The molecule has 0 amide bonds. The maximum Gasteiger partial charge on any atom is 0.345 e. The van der Waals surface area contributed by atoms with E-state index in [0.717, 1.165) is 11.1 Å². The van der Waals surface area contributed by atoms with E-state index in [-0.39, 0.29) is 26.3 Å². The zero-order valence-corrected chi connectivity index (χ0v) is 20.5. The monoisotopic (exact) mass is 565 g/mol. The van der Waals surface area contributed by atoms with Crippen molar-refractivity contribution in [1.29, 1.82) is 0 Å². The highest BCUT2D eigenvalue weighted by Gasteiger charge is 2.45. The Morgan fingerprint density at radius 2 is 1.66 bits per heavy atom. The molecule has 1 unspecified atom stereocenters. The SMILES string of the molecule is Cc1nn(C2S[C@H](COCc3ccccc3)[C@@H](OCc3ccccc3)[C@H]2I)c(=O)[nH]c1=O. The Balaban J connectivity index is 1.51. The second kappa shape index (κ2) is 10.8. The van der Waals surface area contributed by atoms with E-state index >= 15 is 0 Å². The Labute approximate surface area is 203 Å². The number of halogens is 1. The van der Waals surface area contributed by atoms with Crippen molar-refractivity contribution in [2.75, 3.05) is 6.61 Å². The largest absolute Gasteiger partial charge is 0.376 e. The molecule has 4 atom stereocenters. The summed E-state index contributed by atoms with van der Waals surface area (Å²) in [6.07, 6.45) is -0.150. The highest BCUT2D eigenvalue weighted by Crippen LogP contribution is 2.46. The van der Waals surface area contributed by atoms with Gasteiger partial charge in [0.15, 0.2) is 0 Å². The molecule has 7 nitrogen and oxygen atoms in total. The molecule has 32 heavy (non-hydrogen) atoms. The Hall–Kier alpha value is -1.95. The molecule has 1 aliphatic heterocycles. The van der Waals surface area contributed by atoms with Gasteiger partial charge in [-0.05, 0) is 18.1 Å². The second-order valence-corrected chi connectivity index (χ2v) is 10.4. The van der Waals surface area contributed by atoms with Crippen LogP contribution in [0.25, 0.3) is 0 Å². The third kappa shape index (κ3) is 5.51. The van der Waals surface area contributed by atoms with Crippen molar-refractivity contribution >= 4 is 34.4 Å². The molecule has 3 aromatic rings. The van der Waals surface area contributed by atoms with Crippen molar-refractivity contribution < 1.29 is 9.47 Å². The average Bonchev–Trinajstić information content (AvgIpc) is 3.11. The first-order valence-electron chi connectivity index (χ1n) is 10.3. The van der Waals surface area contributed by atoms with Crippen LogP contribution in [0, 0.1) is 6.92 Å². The molecule has 1 aliphatic rings. The third-order valence-corrected chi connectivity index (χ3v) is 8.61. The van der Waals surface area contributed by atoms with Crippen LogP contribution in [-0.2, 0) is 22.7 Å². The van der Waals surface area contributed by atoms with Gasteiger partial charge in [0.25, 0.3) is 5.56 Å². The minimum Gasteiger partial charge on any atom is -0.376 e. The van der Waals surface area contributed by atoms with Crippen LogP contribution in [0.1, 0.15) is 22.2 Å². The molecule has 1 aromatic heterocycles. The number of aromatic nitrogens is 3. The van der Waals surface area contributed by atoms with E-state index in [0.29, 0.717) is 19.8 Å². The van der Waals surface area contributed by atoms with Crippen LogP contribution in [0.4, 0.5) is 0 Å². The normalized spacial score (nSPS) is 22.8. The van der Waals surface area contributed by atoms with Gasteiger partial charge in [-0.3, -0.25) is 9.78 Å². The lowest BCUT2D eigenvalue weighted by Gasteiger charge is -2.22. The highest BCUT2D eigenvalue weighted by molar-refractivity contribution is 14.1. The summed E-state index contributed by atoms with van der Waals surface area (Å²) in [5.74, 6) is 0. The van der Waals surface area contributed by atoms with E-state index in [1.54, 1.807) is 18.7 Å². The Kier molecular flexibility index (Phi) is 7.82. The summed E-state index contributed by atoms with van der Waals surface area (Å²) in [6.45, 7) is 3.06. The van der Waals surface area contributed by atoms with E-state index < -0.39 is 11.2 Å². The van der Waals surface area contributed by atoms with Crippen LogP contribution >= 0.6 is 34.4 Å². The molecule has 9 heteroatoms. The number of nitrogens with one attached hydrogen (secondary N) is 1. The van der Waals surface area contributed by atoms with Gasteiger partial charge in [0, 0.05) is 0 Å². The molecular formula is C23H24IN3O4S. The van der Waals surface area contributed by atoms with Crippen LogP contribution in [0.2, 0.25) is 0 Å². The first kappa shape index (κ1) is 23.2. The number of benzene rings is 2. The molecule has 0 bridgehead atoms. The van der Waals surface area contributed by atoms with E-state index in [9.17, 15) is 9.59 Å². The number of aromatic amines is 1. The molecule has 0 saturated carbocycles. The van der Waals surface area contributed by atoms with Crippen LogP contribution in [0.5, 0.6) is 0 Å². The molecule has 1 saturated heterocycles. The molecule has 2 aromatic carbocycles. The van der Waals surface area contributed by atoms with Gasteiger partial charge < -0.3 is 9.47 Å². The standard InChI is InChI=1S/C23H24IN3O4S/c1-15-21(28)25-23(29)27(26-15)22-19(24)20(31-13-17-10-6-3-7-11-17)18(32-22)14-30-12-16-8-4-2-5-9-16/h2-11,18-20,22H,12-14H2,1H3,(H,25,28,29)/t18-,19-,20-,22?/m1/s1. The first-order chi connectivity index (χ1) is 15.5. The lowest BCUT2D eigenvalue weighted by atomic mass is 10.1. The predicted octanol–water partition coefficient (Wildman–Crippen LogP) is 3.46. The summed E-state index contributed by atoms with van der Waals surface area (Å²) in [5, 5.41) is 3.99. The quantitative estimate of drug-likeness (QED) is 0.333. The molecule has 0 radical (unpaired) electrons. The molecule has 1 fully saturated rings. The van der Waals surface area contributed by atoms with Crippen LogP contribution < -0.4 is 11.2 Å². The first-order valence-corrected chi connectivity index (χ1v) is 12.5. The fourth-order valence-electron chi connectivity index (χ4n) is 3.53. The Morgan fingerprint density at radius 3 is 2.31 bits per heavy atom. The number of ether oxygens (including phenoxy) is 2. The number of nitrogens with zero attached hydrogens (tertiary/aromatic N) is 2. The van der Waals surface area contributed by atoms with Crippen molar-refractivity contribution in [2.45, 2.75) is 40.8 Å². The summed E-state index contributed by atoms with van der Waals surface area (Å²) in [7, 11) is 0. The van der Waals surface area contributed by atoms with Crippen LogP contribution in [0.15, 0.2) is 70.3 Å². The number of thioether (sulfide) groups is 1. The third-order valence-electron chi connectivity index (χ3n) is 5.20. The highest BCUT2D eigenvalue weighted by atomic mass is 127. The zero-order valence-electron chi connectivity index (χ0n) is 17.5. The second-order valence-electron chi connectivity index (χ2n) is 7.56. The zero-order chi connectivity index (χ0) is 22.5. The van der Waals surface area contributed by atoms with E-state index in [2.05, 4.69) is 32.7 Å². The van der Waals surface area contributed by atoms with Gasteiger partial charge in [0.05, 0.1) is 35.1 Å². The number of hydrogen-bond acceptors (Lipinski definition) is 6. The fraction of sp³-hybridized carbons (Fsp3) is 0.348. The smallest absolute Gasteiger partial charge is 0.345 e. The lowest BCUT2D eigenvalue weighted by molar-refractivity contribution is 0.0186. The van der Waals surface area contributed by atoms with E-state index in [1.165, 1.54) is 4.68 Å². The van der Waals surface area contributed by atoms with Crippen molar-refractivity contribution in [3.8, 4) is 0 Å². The predicted molar refractivity (Wildman–Crippen MR) is 133 cm³/mol.